The van der Waals surface area contributed by atoms with Crippen molar-refractivity contribution in [2.24, 2.45) is 0 Å². The molecule has 0 unspecified atom stereocenters. The van der Waals surface area contributed by atoms with Gasteiger partial charge in [0.1, 0.15) is 11.5 Å². The molecule has 0 aromatic heterocycles. The highest BCUT2D eigenvalue weighted by Crippen LogP contribution is 2.36. The third-order valence-corrected chi connectivity index (χ3v) is 4.48. The number of benzene rings is 3. The normalized spacial score (nSPS) is 10.2. The molecule has 0 bridgehead atoms. The number of methoxy groups -OCH3 is 2. The number of hydrogen-bond acceptors (Lipinski definition) is 3. The molecule has 0 atom stereocenters. The Morgan fingerprint density at radius 3 is 1.60 bits per heavy atom. The predicted molar refractivity (Wildman–Crippen MR) is 107 cm³/mol. The first kappa shape index (κ1) is 17.2. The molecule has 0 saturated heterocycles. The highest BCUT2D eigenvalue weighted by atomic mass is 32.1. The molecule has 0 saturated carbocycles. The molecule has 126 valence electrons. The van der Waals surface area contributed by atoms with Gasteiger partial charge in [0.25, 0.3) is 0 Å². The molecule has 0 radical (unpaired) electrons. The molecule has 0 fully saturated rings. The molecule has 0 aliphatic rings. The van der Waals surface area contributed by atoms with Gasteiger partial charge in [-0.05, 0) is 41.0 Å². The summed E-state index contributed by atoms with van der Waals surface area (Å²) in [5.74, 6) is 1.62. The van der Waals surface area contributed by atoms with Gasteiger partial charge in [-0.1, -0.05) is 54.6 Å². The summed E-state index contributed by atoms with van der Waals surface area (Å²) in [6, 6.07) is 26.2. The summed E-state index contributed by atoms with van der Waals surface area (Å²) in [6.07, 6.45) is 0. The van der Waals surface area contributed by atoms with Crippen LogP contribution in [0.15, 0.2) is 78.9 Å². The van der Waals surface area contributed by atoms with Crippen molar-refractivity contribution < 1.29 is 9.47 Å². The molecule has 0 aliphatic carbocycles. The topological polar surface area (TPSA) is 18.5 Å². The number of thiol groups is 1. The van der Waals surface area contributed by atoms with Crippen LogP contribution in [0.2, 0.25) is 0 Å². The van der Waals surface area contributed by atoms with Crippen molar-refractivity contribution in [1.82, 2.24) is 0 Å². The van der Waals surface area contributed by atoms with Crippen molar-refractivity contribution in [3.63, 3.8) is 0 Å². The molecule has 0 aliphatic heterocycles. The Balaban J connectivity index is 2.24. The van der Waals surface area contributed by atoms with Crippen LogP contribution in [0.3, 0.4) is 0 Å². The van der Waals surface area contributed by atoms with Gasteiger partial charge < -0.3 is 9.47 Å². The van der Waals surface area contributed by atoms with E-state index >= 15 is 0 Å². The number of ether oxygens (including phenoxy) is 2. The molecular weight excluding hydrogens is 328 g/mol. The van der Waals surface area contributed by atoms with Crippen LogP contribution in [0.25, 0.3) is 10.5 Å². The summed E-state index contributed by atoms with van der Waals surface area (Å²) in [5, 5.41) is 0. The molecule has 3 rings (SSSR count). The van der Waals surface area contributed by atoms with Gasteiger partial charge in [-0.15, -0.1) is 12.6 Å². The molecule has 0 heterocycles. The van der Waals surface area contributed by atoms with Gasteiger partial charge in [0.05, 0.1) is 14.2 Å². The summed E-state index contributed by atoms with van der Waals surface area (Å²) >= 11 is 4.86. The standard InChI is InChI=1S/C22H20O2S/c1-23-19-12-6-10-17(14-19)21(18-11-7-13-20(15-18)24-2)22(25)16-8-4-3-5-9-16/h3-15,25H,1-2H3. The van der Waals surface area contributed by atoms with Gasteiger partial charge in [-0.2, -0.15) is 0 Å². The van der Waals surface area contributed by atoms with E-state index < -0.39 is 0 Å². The lowest BCUT2D eigenvalue weighted by Gasteiger charge is -2.15. The van der Waals surface area contributed by atoms with E-state index in [-0.39, 0.29) is 0 Å². The zero-order valence-electron chi connectivity index (χ0n) is 14.3. The smallest absolute Gasteiger partial charge is 0.119 e. The molecular formula is C22H20O2S. The average Bonchev–Trinajstić information content (AvgIpc) is 2.69. The first-order valence-corrected chi connectivity index (χ1v) is 8.45. The summed E-state index contributed by atoms with van der Waals surface area (Å²) in [5.41, 5.74) is 4.18. The van der Waals surface area contributed by atoms with Gasteiger partial charge in [0, 0.05) is 10.5 Å². The second kappa shape index (κ2) is 7.95. The van der Waals surface area contributed by atoms with Gasteiger partial charge in [0.2, 0.25) is 0 Å². The average molecular weight is 348 g/mol. The van der Waals surface area contributed by atoms with Gasteiger partial charge in [0.15, 0.2) is 0 Å². The first-order chi connectivity index (χ1) is 12.2. The molecule has 0 N–H and O–H groups in total. The summed E-state index contributed by atoms with van der Waals surface area (Å²) in [6.45, 7) is 0. The van der Waals surface area contributed by atoms with E-state index in [2.05, 4.69) is 24.3 Å². The van der Waals surface area contributed by atoms with Crippen molar-refractivity contribution in [2.45, 2.75) is 0 Å². The maximum Gasteiger partial charge on any atom is 0.119 e. The van der Waals surface area contributed by atoms with Crippen LogP contribution in [0.4, 0.5) is 0 Å². The Kier molecular flexibility index (Phi) is 5.46. The Morgan fingerprint density at radius 2 is 1.12 bits per heavy atom. The SMILES string of the molecule is COc1cccc(C(=C(S)c2ccccc2)c2cccc(OC)c2)c1. The Bertz CT molecular complexity index is 836. The van der Waals surface area contributed by atoms with Crippen LogP contribution in [0.1, 0.15) is 16.7 Å². The summed E-state index contributed by atoms with van der Waals surface area (Å²) in [4.78, 5) is 0.905. The Morgan fingerprint density at radius 1 is 0.640 bits per heavy atom. The zero-order chi connectivity index (χ0) is 17.6. The highest BCUT2D eigenvalue weighted by molar-refractivity contribution is 7.90. The van der Waals surface area contributed by atoms with Gasteiger partial charge in [-0.25, -0.2) is 0 Å². The third kappa shape index (κ3) is 3.89. The van der Waals surface area contributed by atoms with Gasteiger partial charge in [-0.3, -0.25) is 0 Å². The van der Waals surface area contributed by atoms with E-state index in [0.29, 0.717) is 0 Å². The lowest BCUT2D eigenvalue weighted by molar-refractivity contribution is 0.414. The van der Waals surface area contributed by atoms with E-state index in [1.807, 2.05) is 54.6 Å². The number of hydrogen-bond donors (Lipinski definition) is 1. The maximum atomic E-state index is 5.40. The minimum Gasteiger partial charge on any atom is -0.497 e. The minimum absolute atomic E-state index is 0.812. The first-order valence-electron chi connectivity index (χ1n) is 8.00. The Hall–Kier alpha value is -2.65. The van der Waals surface area contributed by atoms with Crippen LogP contribution in [0, 0.1) is 0 Å². The fourth-order valence-electron chi connectivity index (χ4n) is 2.74. The molecule has 2 nitrogen and oxygen atoms in total. The van der Waals surface area contributed by atoms with E-state index in [4.69, 9.17) is 22.1 Å². The maximum absolute atomic E-state index is 5.40. The molecule has 3 aromatic rings. The lowest BCUT2D eigenvalue weighted by atomic mass is 9.95. The zero-order valence-corrected chi connectivity index (χ0v) is 15.2. The molecule has 3 heteroatoms. The fraction of sp³-hybridized carbons (Fsp3) is 0.0909. The Labute approximate surface area is 154 Å². The molecule has 25 heavy (non-hydrogen) atoms. The van der Waals surface area contributed by atoms with Crippen molar-refractivity contribution in [3.8, 4) is 11.5 Å². The van der Waals surface area contributed by atoms with Crippen LogP contribution >= 0.6 is 12.6 Å². The van der Waals surface area contributed by atoms with E-state index in [1.54, 1.807) is 14.2 Å². The quantitative estimate of drug-likeness (QED) is 0.481. The minimum atomic E-state index is 0.812. The molecule has 3 aromatic carbocycles. The van der Waals surface area contributed by atoms with Crippen LogP contribution < -0.4 is 9.47 Å². The fourth-order valence-corrected chi connectivity index (χ4v) is 3.14. The van der Waals surface area contributed by atoms with E-state index in [0.717, 1.165) is 38.7 Å². The molecule has 0 spiro atoms. The van der Waals surface area contributed by atoms with Crippen molar-refractivity contribution >= 4 is 23.1 Å². The molecule has 0 amide bonds. The second-order valence-electron chi connectivity index (χ2n) is 5.55. The third-order valence-electron chi connectivity index (χ3n) is 4.00. The monoisotopic (exact) mass is 348 g/mol. The van der Waals surface area contributed by atoms with Crippen molar-refractivity contribution in [1.29, 1.82) is 0 Å². The highest BCUT2D eigenvalue weighted by Gasteiger charge is 2.13. The van der Waals surface area contributed by atoms with E-state index in [1.165, 1.54) is 0 Å². The van der Waals surface area contributed by atoms with Crippen molar-refractivity contribution in [3.05, 3.63) is 95.6 Å². The predicted octanol–water partition coefficient (Wildman–Crippen LogP) is 5.55. The van der Waals surface area contributed by atoms with Crippen LogP contribution in [-0.2, 0) is 0 Å². The lowest BCUT2D eigenvalue weighted by Crippen LogP contribution is -1.94. The second-order valence-corrected chi connectivity index (χ2v) is 6.00. The van der Waals surface area contributed by atoms with E-state index in [9.17, 15) is 0 Å². The largest absolute Gasteiger partial charge is 0.497 e. The number of rotatable bonds is 5. The van der Waals surface area contributed by atoms with Crippen LogP contribution in [-0.4, -0.2) is 14.2 Å². The van der Waals surface area contributed by atoms with Gasteiger partial charge >= 0.3 is 0 Å². The summed E-state index contributed by atoms with van der Waals surface area (Å²) < 4.78 is 10.8. The van der Waals surface area contributed by atoms with Crippen LogP contribution in [0.5, 0.6) is 11.5 Å². The van der Waals surface area contributed by atoms with Crippen molar-refractivity contribution in [2.75, 3.05) is 14.2 Å². The summed E-state index contributed by atoms with van der Waals surface area (Å²) in [7, 11) is 3.35.